The van der Waals surface area contributed by atoms with Crippen LogP contribution in [0.3, 0.4) is 0 Å². The highest BCUT2D eigenvalue weighted by Crippen LogP contribution is 2.28. The fourth-order valence-electron chi connectivity index (χ4n) is 4.70. The van der Waals surface area contributed by atoms with Crippen molar-refractivity contribution in [2.24, 2.45) is 11.0 Å². The molecule has 1 amide bonds. The van der Waals surface area contributed by atoms with Gasteiger partial charge in [0.2, 0.25) is 5.91 Å². The summed E-state index contributed by atoms with van der Waals surface area (Å²) in [5, 5.41) is 6.18. The lowest BCUT2D eigenvalue weighted by Crippen LogP contribution is -2.48. The number of carbonyl (C=O) groups excluding carboxylic acids is 2. The van der Waals surface area contributed by atoms with Crippen molar-refractivity contribution >= 4 is 23.3 Å². The summed E-state index contributed by atoms with van der Waals surface area (Å²) in [6, 6.07) is 9.07. The van der Waals surface area contributed by atoms with E-state index in [4.69, 9.17) is 9.47 Å². The second kappa shape index (κ2) is 10.9. The Morgan fingerprint density at radius 2 is 1.81 bits per heavy atom. The summed E-state index contributed by atoms with van der Waals surface area (Å²) in [6.45, 7) is 8.43. The Morgan fingerprint density at radius 3 is 2.50 bits per heavy atom. The van der Waals surface area contributed by atoms with Crippen molar-refractivity contribution in [1.82, 2.24) is 9.80 Å². The molecule has 8 nitrogen and oxygen atoms in total. The summed E-state index contributed by atoms with van der Waals surface area (Å²) in [6.07, 6.45) is 3.51. The molecule has 3 aliphatic rings. The van der Waals surface area contributed by atoms with Gasteiger partial charge in [0.25, 0.3) is 0 Å². The fourth-order valence-corrected chi connectivity index (χ4v) is 4.70. The van der Waals surface area contributed by atoms with E-state index < -0.39 is 12.0 Å². The van der Waals surface area contributed by atoms with E-state index in [0.29, 0.717) is 18.2 Å². The monoisotopic (exact) mass is 442 g/mol. The molecule has 0 N–H and O–H groups in total. The maximum Gasteiger partial charge on any atom is 0.354 e. The normalized spacial score (nSPS) is 22.7. The van der Waals surface area contributed by atoms with Gasteiger partial charge < -0.3 is 14.4 Å². The number of morpholine rings is 1. The van der Waals surface area contributed by atoms with E-state index in [1.807, 2.05) is 35.2 Å². The molecular formula is C24H34N4O4. The quantitative estimate of drug-likeness (QED) is 0.603. The number of hydrogen-bond acceptors (Lipinski definition) is 7. The van der Waals surface area contributed by atoms with Gasteiger partial charge in [-0.05, 0) is 50.8 Å². The molecule has 0 aromatic heterocycles. The van der Waals surface area contributed by atoms with Crippen molar-refractivity contribution in [1.29, 1.82) is 0 Å². The van der Waals surface area contributed by atoms with Crippen molar-refractivity contribution in [2.45, 2.75) is 38.6 Å². The third-order valence-corrected chi connectivity index (χ3v) is 6.61. The van der Waals surface area contributed by atoms with Gasteiger partial charge in [-0.1, -0.05) is 18.2 Å². The number of piperidine rings is 1. The molecule has 3 aliphatic heterocycles. The van der Waals surface area contributed by atoms with Crippen LogP contribution in [0.2, 0.25) is 0 Å². The molecule has 0 aliphatic carbocycles. The maximum atomic E-state index is 13.5. The van der Waals surface area contributed by atoms with E-state index in [1.165, 1.54) is 6.42 Å². The van der Waals surface area contributed by atoms with E-state index >= 15 is 0 Å². The molecule has 4 rings (SSSR count). The highest BCUT2D eigenvalue weighted by Gasteiger charge is 2.39. The summed E-state index contributed by atoms with van der Waals surface area (Å²) in [5.74, 6) is 0.260. The van der Waals surface area contributed by atoms with Gasteiger partial charge in [0, 0.05) is 32.6 Å². The Hall–Kier alpha value is -2.45. The lowest BCUT2D eigenvalue weighted by Gasteiger charge is -2.36. The molecule has 1 aromatic rings. The number of likely N-dealkylation sites (tertiary alicyclic amines) is 1. The molecule has 0 saturated carbocycles. The number of nitrogens with zero attached hydrogens (tertiary/aromatic N) is 4. The number of esters is 1. The second-order valence-electron chi connectivity index (χ2n) is 8.68. The summed E-state index contributed by atoms with van der Waals surface area (Å²) >= 11 is 0. The molecule has 1 atom stereocenters. The molecule has 2 fully saturated rings. The number of hydrogen-bond donors (Lipinski definition) is 0. The minimum atomic E-state index is -0.498. The molecule has 1 unspecified atom stereocenters. The lowest BCUT2D eigenvalue weighted by atomic mass is 9.92. The topological polar surface area (TPSA) is 74.7 Å². The summed E-state index contributed by atoms with van der Waals surface area (Å²) in [4.78, 5) is 30.2. The number of carbonyl (C=O) groups is 2. The minimum Gasteiger partial charge on any atom is -0.461 e. The molecule has 0 spiro atoms. The summed E-state index contributed by atoms with van der Waals surface area (Å²) < 4.78 is 10.6. The van der Waals surface area contributed by atoms with Crippen LogP contribution in [0.4, 0.5) is 5.69 Å². The van der Waals surface area contributed by atoms with E-state index in [0.717, 1.165) is 64.5 Å². The number of anilines is 1. The number of rotatable bonds is 7. The smallest absolute Gasteiger partial charge is 0.354 e. The zero-order valence-electron chi connectivity index (χ0n) is 18.9. The van der Waals surface area contributed by atoms with Gasteiger partial charge in [0.1, 0.15) is 11.8 Å². The Bertz CT molecular complexity index is 801. The van der Waals surface area contributed by atoms with Crippen LogP contribution in [0.25, 0.3) is 0 Å². The number of hydrazone groups is 1. The SMILES string of the molecule is CCOC(=O)C1=NN(c2ccccc2)C(C(=O)N2CCC(CCN3CCOCC3)CC2)C1. The second-order valence-corrected chi connectivity index (χ2v) is 8.68. The standard InChI is InChI=1S/C24H34N4O4/c1-2-32-24(30)21-18-22(28(25-21)20-6-4-3-5-7-20)23(29)27-12-9-19(10-13-27)8-11-26-14-16-31-17-15-26/h3-7,19,22H,2,8-18H2,1H3. The molecule has 8 heteroatoms. The van der Waals surface area contributed by atoms with Crippen molar-refractivity contribution in [3.8, 4) is 0 Å². The van der Waals surface area contributed by atoms with Crippen molar-refractivity contribution in [3.63, 3.8) is 0 Å². The third kappa shape index (κ3) is 5.48. The average molecular weight is 443 g/mol. The number of para-hydroxylation sites is 1. The van der Waals surface area contributed by atoms with Gasteiger partial charge >= 0.3 is 5.97 Å². The first-order valence-corrected chi connectivity index (χ1v) is 11.8. The highest BCUT2D eigenvalue weighted by molar-refractivity contribution is 6.38. The van der Waals surface area contributed by atoms with E-state index in [2.05, 4.69) is 10.0 Å². The summed E-state index contributed by atoms with van der Waals surface area (Å²) in [7, 11) is 0. The van der Waals surface area contributed by atoms with Crippen molar-refractivity contribution < 1.29 is 19.1 Å². The van der Waals surface area contributed by atoms with Gasteiger partial charge in [-0.25, -0.2) is 4.79 Å². The predicted molar refractivity (Wildman–Crippen MR) is 123 cm³/mol. The van der Waals surface area contributed by atoms with Crippen molar-refractivity contribution in [2.75, 3.05) is 57.6 Å². The van der Waals surface area contributed by atoms with Crippen LogP contribution < -0.4 is 5.01 Å². The number of ether oxygens (including phenoxy) is 2. The predicted octanol–water partition coefficient (Wildman–Crippen LogP) is 2.15. The lowest BCUT2D eigenvalue weighted by molar-refractivity contribution is -0.135. The Kier molecular flexibility index (Phi) is 7.76. The summed E-state index contributed by atoms with van der Waals surface area (Å²) in [5.41, 5.74) is 1.12. The van der Waals surface area contributed by atoms with E-state index in [9.17, 15) is 9.59 Å². The van der Waals surface area contributed by atoms with Gasteiger partial charge in [0.05, 0.1) is 25.5 Å². The minimum absolute atomic E-state index is 0.0449. The average Bonchev–Trinajstić information content (AvgIpc) is 3.30. The molecule has 3 heterocycles. The van der Waals surface area contributed by atoms with Crippen LogP contribution in [0.15, 0.2) is 35.4 Å². The first kappa shape index (κ1) is 22.7. The van der Waals surface area contributed by atoms with E-state index in [-0.39, 0.29) is 12.3 Å². The molecule has 32 heavy (non-hydrogen) atoms. The zero-order chi connectivity index (χ0) is 22.3. The molecule has 0 radical (unpaired) electrons. The zero-order valence-corrected chi connectivity index (χ0v) is 18.9. The maximum absolute atomic E-state index is 13.5. The van der Waals surface area contributed by atoms with Crippen molar-refractivity contribution in [3.05, 3.63) is 30.3 Å². The Morgan fingerprint density at radius 1 is 1.09 bits per heavy atom. The van der Waals surface area contributed by atoms with Gasteiger partial charge in [-0.15, -0.1) is 0 Å². The Labute approximate surface area is 190 Å². The molecule has 1 aromatic carbocycles. The van der Waals surface area contributed by atoms with Gasteiger partial charge in [-0.3, -0.25) is 14.7 Å². The fraction of sp³-hybridized carbons (Fsp3) is 0.625. The third-order valence-electron chi connectivity index (χ3n) is 6.61. The van der Waals surface area contributed by atoms with Crippen LogP contribution >= 0.6 is 0 Å². The first-order valence-electron chi connectivity index (χ1n) is 11.8. The van der Waals surface area contributed by atoms with Gasteiger partial charge in [0.15, 0.2) is 0 Å². The molecule has 174 valence electrons. The van der Waals surface area contributed by atoms with Gasteiger partial charge in [-0.2, -0.15) is 5.10 Å². The van der Waals surface area contributed by atoms with E-state index in [1.54, 1.807) is 11.9 Å². The highest BCUT2D eigenvalue weighted by atomic mass is 16.5. The van der Waals surface area contributed by atoms with Crippen LogP contribution in [0, 0.1) is 5.92 Å². The molecular weight excluding hydrogens is 408 g/mol. The Balaban J connectivity index is 1.35. The van der Waals surface area contributed by atoms with Crippen LogP contribution in [-0.4, -0.2) is 86.0 Å². The first-order chi connectivity index (χ1) is 15.7. The largest absolute Gasteiger partial charge is 0.461 e. The van der Waals surface area contributed by atoms with Crippen LogP contribution in [0.1, 0.15) is 32.6 Å². The van der Waals surface area contributed by atoms with Crippen LogP contribution in [-0.2, 0) is 19.1 Å². The number of amides is 1. The number of benzene rings is 1. The molecule has 2 saturated heterocycles. The van der Waals surface area contributed by atoms with Crippen LogP contribution in [0.5, 0.6) is 0 Å². The molecule has 0 bridgehead atoms.